The molecule has 0 aliphatic carbocycles. The van der Waals surface area contributed by atoms with Gasteiger partial charge in [0, 0.05) is 15.7 Å². The lowest BCUT2D eigenvalue weighted by Crippen LogP contribution is -2.13. The first-order valence-electron chi connectivity index (χ1n) is 7.92. The summed E-state index contributed by atoms with van der Waals surface area (Å²) in [6.45, 7) is 1.94. The molecule has 2 aromatic carbocycles. The second-order valence-corrected chi connectivity index (χ2v) is 6.43. The third-order valence-electron chi connectivity index (χ3n) is 3.51. The number of hydrogen-bond donors (Lipinski definition) is 1. The van der Waals surface area contributed by atoms with Crippen LogP contribution in [0.1, 0.15) is 11.1 Å². The molecule has 136 valence electrons. The maximum Gasteiger partial charge on any atom is 0.266 e. The number of anilines is 1. The Morgan fingerprint density at radius 2 is 2.15 bits per heavy atom. The van der Waals surface area contributed by atoms with Crippen LogP contribution in [-0.4, -0.2) is 19.6 Å². The van der Waals surface area contributed by atoms with E-state index in [2.05, 4.69) is 27.2 Å². The lowest BCUT2D eigenvalue weighted by Gasteiger charge is -2.13. The largest absolute Gasteiger partial charge is 0.493 e. The highest BCUT2D eigenvalue weighted by atomic mass is 79.9. The van der Waals surface area contributed by atoms with Gasteiger partial charge in [0.1, 0.15) is 18.2 Å². The quantitative estimate of drug-likeness (QED) is 0.425. The van der Waals surface area contributed by atoms with Crippen molar-refractivity contribution in [2.45, 2.75) is 6.92 Å². The number of benzene rings is 2. The third kappa shape index (κ3) is 5.37. The molecule has 0 aliphatic heterocycles. The van der Waals surface area contributed by atoms with Gasteiger partial charge in [-0.1, -0.05) is 34.0 Å². The summed E-state index contributed by atoms with van der Waals surface area (Å²) in [5.74, 6) is 2.65. The highest BCUT2D eigenvalue weighted by Crippen LogP contribution is 2.36. The van der Waals surface area contributed by atoms with E-state index in [1.165, 1.54) is 13.2 Å². The lowest BCUT2D eigenvalue weighted by atomic mass is 10.1. The molecule has 5 nitrogen and oxygen atoms in total. The van der Waals surface area contributed by atoms with Crippen LogP contribution in [0, 0.1) is 30.6 Å². The lowest BCUT2D eigenvalue weighted by molar-refractivity contribution is -0.112. The molecular formula is C21H17BrN2O3. The predicted molar refractivity (Wildman–Crippen MR) is 108 cm³/mol. The second kappa shape index (κ2) is 9.47. The number of ether oxygens (including phenoxy) is 2. The van der Waals surface area contributed by atoms with Crippen LogP contribution in [0.3, 0.4) is 0 Å². The Morgan fingerprint density at radius 1 is 1.37 bits per heavy atom. The van der Waals surface area contributed by atoms with Gasteiger partial charge in [-0.15, -0.1) is 6.42 Å². The van der Waals surface area contributed by atoms with E-state index in [0.717, 1.165) is 5.56 Å². The summed E-state index contributed by atoms with van der Waals surface area (Å²) in [4.78, 5) is 12.5. The van der Waals surface area contributed by atoms with E-state index in [4.69, 9.17) is 15.9 Å². The number of amides is 1. The average molecular weight is 425 g/mol. The van der Waals surface area contributed by atoms with Gasteiger partial charge in [0.15, 0.2) is 11.5 Å². The molecule has 0 spiro atoms. The summed E-state index contributed by atoms with van der Waals surface area (Å²) in [6.07, 6.45) is 6.70. The Hall–Kier alpha value is -3.22. The number of halogens is 1. The van der Waals surface area contributed by atoms with E-state index in [0.29, 0.717) is 27.2 Å². The molecular weight excluding hydrogens is 408 g/mol. The van der Waals surface area contributed by atoms with Gasteiger partial charge >= 0.3 is 0 Å². The molecule has 2 rings (SSSR count). The average Bonchev–Trinajstić information content (AvgIpc) is 2.64. The summed E-state index contributed by atoms with van der Waals surface area (Å²) in [7, 11) is 1.49. The molecule has 0 saturated carbocycles. The van der Waals surface area contributed by atoms with Crippen LogP contribution in [0.25, 0.3) is 6.08 Å². The zero-order valence-electron chi connectivity index (χ0n) is 14.9. The second-order valence-electron chi connectivity index (χ2n) is 5.51. The van der Waals surface area contributed by atoms with Crippen LogP contribution < -0.4 is 14.8 Å². The first kappa shape index (κ1) is 20.1. The third-order valence-corrected chi connectivity index (χ3v) is 3.97. The summed E-state index contributed by atoms with van der Waals surface area (Å²) >= 11 is 3.38. The van der Waals surface area contributed by atoms with Gasteiger partial charge in [-0.25, -0.2) is 0 Å². The van der Waals surface area contributed by atoms with Crippen LogP contribution >= 0.6 is 15.9 Å². The predicted octanol–water partition coefficient (Wildman–Crippen LogP) is 4.32. The minimum absolute atomic E-state index is 0.0240. The van der Waals surface area contributed by atoms with Crippen molar-refractivity contribution in [2.24, 2.45) is 0 Å². The smallest absolute Gasteiger partial charge is 0.266 e. The Morgan fingerprint density at radius 3 is 2.78 bits per heavy atom. The summed E-state index contributed by atoms with van der Waals surface area (Å²) in [6, 6.07) is 12.7. The number of carbonyl (C=O) groups is 1. The molecule has 0 aliphatic rings. The highest BCUT2D eigenvalue weighted by molar-refractivity contribution is 9.10. The maximum absolute atomic E-state index is 12.5. The van der Waals surface area contributed by atoms with Crippen LogP contribution in [0.2, 0.25) is 0 Å². The van der Waals surface area contributed by atoms with E-state index in [1.54, 1.807) is 18.2 Å². The zero-order chi connectivity index (χ0) is 19.8. The van der Waals surface area contributed by atoms with E-state index in [-0.39, 0.29) is 12.2 Å². The molecule has 0 fully saturated rings. The SMILES string of the molecule is C#CCOc1c(/C=C(\C#N)C(=O)Nc2cccc(C)c2)cc(Br)cc1OC. The van der Waals surface area contributed by atoms with E-state index in [1.807, 2.05) is 31.2 Å². The molecule has 1 amide bonds. The van der Waals surface area contributed by atoms with E-state index >= 15 is 0 Å². The van der Waals surface area contributed by atoms with Crippen molar-refractivity contribution in [3.63, 3.8) is 0 Å². The van der Waals surface area contributed by atoms with Crippen molar-refractivity contribution in [3.8, 4) is 29.9 Å². The van der Waals surface area contributed by atoms with Crippen molar-refractivity contribution < 1.29 is 14.3 Å². The normalized spacial score (nSPS) is 10.5. The Kier molecular flexibility index (Phi) is 7.05. The van der Waals surface area contributed by atoms with Gasteiger partial charge in [-0.3, -0.25) is 4.79 Å². The van der Waals surface area contributed by atoms with Crippen LogP contribution in [0.5, 0.6) is 11.5 Å². The van der Waals surface area contributed by atoms with Gasteiger partial charge in [-0.2, -0.15) is 5.26 Å². The number of aryl methyl sites for hydroxylation is 1. The minimum Gasteiger partial charge on any atom is -0.493 e. The number of terminal acetylenes is 1. The highest BCUT2D eigenvalue weighted by Gasteiger charge is 2.15. The van der Waals surface area contributed by atoms with Crippen LogP contribution in [0.15, 0.2) is 46.4 Å². The van der Waals surface area contributed by atoms with Crippen molar-refractivity contribution in [3.05, 3.63) is 57.6 Å². The minimum atomic E-state index is -0.523. The molecule has 6 heteroatoms. The topological polar surface area (TPSA) is 71.3 Å². The van der Waals surface area contributed by atoms with Crippen LogP contribution in [0.4, 0.5) is 5.69 Å². The van der Waals surface area contributed by atoms with Gasteiger partial charge in [0.2, 0.25) is 0 Å². The molecule has 2 aromatic rings. The van der Waals surface area contributed by atoms with Gasteiger partial charge in [0.25, 0.3) is 5.91 Å². The molecule has 27 heavy (non-hydrogen) atoms. The van der Waals surface area contributed by atoms with E-state index in [9.17, 15) is 10.1 Å². The Labute approximate surface area is 166 Å². The fourth-order valence-corrected chi connectivity index (χ4v) is 2.80. The molecule has 0 aromatic heterocycles. The number of methoxy groups -OCH3 is 1. The van der Waals surface area contributed by atoms with Crippen molar-refractivity contribution in [1.82, 2.24) is 0 Å². The number of nitrogens with zero attached hydrogens (tertiary/aromatic N) is 1. The molecule has 0 bridgehead atoms. The van der Waals surface area contributed by atoms with Crippen molar-refractivity contribution >= 4 is 33.6 Å². The first-order chi connectivity index (χ1) is 13.0. The Balaban J connectivity index is 2.41. The maximum atomic E-state index is 12.5. The molecule has 0 unspecified atom stereocenters. The summed E-state index contributed by atoms with van der Waals surface area (Å²) in [5.41, 5.74) is 2.02. The molecule has 0 radical (unpaired) electrons. The van der Waals surface area contributed by atoms with Gasteiger partial charge in [-0.05, 0) is 42.8 Å². The fourth-order valence-electron chi connectivity index (χ4n) is 2.34. The summed E-state index contributed by atoms with van der Waals surface area (Å²) < 4.78 is 11.6. The number of nitrogens with one attached hydrogen (secondary N) is 1. The molecule has 1 N–H and O–H groups in total. The molecule has 0 saturated heterocycles. The fraction of sp³-hybridized carbons (Fsp3) is 0.143. The van der Waals surface area contributed by atoms with Gasteiger partial charge in [0.05, 0.1) is 7.11 Å². The first-order valence-corrected chi connectivity index (χ1v) is 8.71. The van der Waals surface area contributed by atoms with Crippen LogP contribution in [-0.2, 0) is 4.79 Å². The molecule has 0 atom stereocenters. The van der Waals surface area contributed by atoms with Gasteiger partial charge < -0.3 is 14.8 Å². The number of rotatable bonds is 6. The monoisotopic (exact) mass is 424 g/mol. The zero-order valence-corrected chi connectivity index (χ0v) is 16.5. The Bertz CT molecular complexity index is 968. The number of carbonyl (C=O) groups excluding carboxylic acids is 1. The standard InChI is InChI=1S/C21H17BrN2O3/c1-4-8-27-20-15(11-17(22)12-19(20)26-3)10-16(13-23)21(25)24-18-7-5-6-14(2)9-18/h1,5-7,9-12H,8H2,2-3H3,(H,24,25)/b16-10+. The van der Waals surface area contributed by atoms with E-state index < -0.39 is 5.91 Å². The number of hydrogen-bond acceptors (Lipinski definition) is 4. The molecule has 0 heterocycles. The van der Waals surface area contributed by atoms with Crippen molar-refractivity contribution in [1.29, 1.82) is 5.26 Å². The summed E-state index contributed by atoms with van der Waals surface area (Å²) in [5, 5.41) is 12.2. The van der Waals surface area contributed by atoms with Crippen molar-refractivity contribution in [2.75, 3.05) is 19.0 Å². The number of nitriles is 1.